The highest BCUT2D eigenvalue weighted by atomic mass is 16.8. The van der Waals surface area contributed by atoms with Crippen LogP contribution in [0.15, 0.2) is 83.8 Å². The molecule has 2 amide bonds. The number of amides is 2. The lowest BCUT2D eigenvalue weighted by molar-refractivity contribution is -0.221. The quantitative estimate of drug-likeness (QED) is 0.442. The van der Waals surface area contributed by atoms with Crippen LogP contribution in [0.1, 0.15) is 25.0 Å². The van der Waals surface area contributed by atoms with Crippen LogP contribution in [0.25, 0.3) is 0 Å². The summed E-state index contributed by atoms with van der Waals surface area (Å²) >= 11 is 0. The molecule has 2 aromatic carbocycles. The molecule has 2 aromatic rings. The van der Waals surface area contributed by atoms with Gasteiger partial charge in [0, 0.05) is 13.8 Å². The van der Waals surface area contributed by atoms with E-state index >= 15 is 0 Å². The maximum atomic E-state index is 13.2. The van der Waals surface area contributed by atoms with E-state index in [4.69, 9.17) is 9.47 Å². The third-order valence-electron chi connectivity index (χ3n) is 4.99. The molecule has 0 aliphatic carbocycles. The Morgan fingerprint density at radius 3 is 1.72 bits per heavy atom. The van der Waals surface area contributed by atoms with Crippen LogP contribution in [0.2, 0.25) is 0 Å². The van der Waals surface area contributed by atoms with E-state index in [-0.39, 0.29) is 24.2 Å². The number of carbonyl (C=O) groups is 3. The molecule has 8 nitrogen and oxygen atoms in total. The van der Waals surface area contributed by atoms with Crippen LogP contribution in [-0.2, 0) is 36.9 Å². The first-order valence-corrected chi connectivity index (χ1v) is 10.0. The van der Waals surface area contributed by atoms with E-state index in [1.165, 1.54) is 23.9 Å². The molecule has 0 unspecified atom stereocenters. The van der Waals surface area contributed by atoms with Crippen LogP contribution in [0.5, 0.6) is 0 Å². The number of hydrogen-bond donors (Lipinski definition) is 1. The molecule has 4 rings (SSSR count). The van der Waals surface area contributed by atoms with Gasteiger partial charge in [-0.05, 0) is 17.2 Å². The Labute approximate surface area is 184 Å². The molecule has 8 heteroatoms. The van der Waals surface area contributed by atoms with Crippen LogP contribution < -0.4 is 0 Å². The fourth-order valence-corrected chi connectivity index (χ4v) is 3.48. The molecule has 1 fully saturated rings. The Bertz CT molecular complexity index is 1060. The third-order valence-corrected chi connectivity index (χ3v) is 4.99. The van der Waals surface area contributed by atoms with Gasteiger partial charge in [0.15, 0.2) is 0 Å². The summed E-state index contributed by atoms with van der Waals surface area (Å²) in [6, 6.07) is 18.5. The second-order valence-electron chi connectivity index (χ2n) is 7.87. The summed E-state index contributed by atoms with van der Waals surface area (Å²) in [5, 5.41) is 12.8. The molecule has 32 heavy (non-hydrogen) atoms. The van der Waals surface area contributed by atoms with E-state index in [2.05, 4.69) is 0 Å². The highest BCUT2D eigenvalue weighted by Crippen LogP contribution is 2.30. The van der Waals surface area contributed by atoms with E-state index in [0.29, 0.717) is 0 Å². The Kier molecular flexibility index (Phi) is 5.44. The number of carbonyl (C=O) groups excluding carboxylic acids is 3. The first-order chi connectivity index (χ1) is 15.2. The van der Waals surface area contributed by atoms with Crippen molar-refractivity contribution in [2.75, 3.05) is 0 Å². The van der Waals surface area contributed by atoms with Gasteiger partial charge in [-0.25, -0.2) is 14.8 Å². The zero-order chi connectivity index (χ0) is 22.9. The largest absolute Gasteiger partial charge is 0.480 e. The molecule has 1 N–H and O–H groups in total. The molecule has 0 spiro atoms. The predicted octanol–water partition coefficient (Wildman–Crippen LogP) is 2.98. The molecule has 0 radical (unpaired) electrons. The average molecular weight is 434 g/mol. The van der Waals surface area contributed by atoms with Crippen LogP contribution in [0.3, 0.4) is 0 Å². The standard InChI is InChI=1S/C24H22N2O6/c1-24(2)31-22(29)19(23(30)32-24)13-18-20(27)25(14-16-9-5-3-6-10-16)26(21(18)28)15-17-11-7-4-8-12-17/h3-13,29H,14-15H2,1-2H3. The van der Waals surface area contributed by atoms with Gasteiger partial charge in [-0.2, -0.15) is 0 Å². The predicted molar refractivity (Wildman–Crippen MR) is 113 cm³/mol. The van der Waals surface area contributed by atoms with Crippen molar-refractivity contribution in [1.29, 1.82) is 0 Å². The van der Waals surface area contributed by atoms with Crippen LogP contribution in [-0.4, -0.2) is 38.7 Å². The Hall–Kier alpha value is -4.07. The lowest BCUT2D eigenvalue weighted by Gasteiger charge is -2.29. The van der Waals surface area contributed by atoms with Crippen LogP contribution >= 0.6 is 0 Å². The zero-order valence-corrected chi connectivity index (χ0v) is 17.6. The second kappa shape index (κ2) is 8.22. The normalized spacial score (nSPS) is 18.1. The number of aliphatic hydroxyl groups excluding tert-OH is 1. The van der Waals surface area contributed by atoms with Crippen molar-refractivity contribution in [3.8, 4) is 0 Å². The topological polar surface area (TPSA) is 96.4 Å². The van der Waals surface area contributed by atoms with Gasteiger partial charge in [0.1, 0.15) is 11.1 Å². The molecule has 0 atom stereocenters. The van der Waals surface area contributed by atoms with Gasteiger partial charge in [0.2, 0.25) is 0 Å². The number of esters is 1. The van der Waals surface area contributed by atoms with Gasteiger partial charge in [0.25, 0.3) is 23.5 Å². The van der Waals surface area contributed by atoms with Crippen molar-refractivity contribution < 1.29 is 29.0 Å². The minimum absolute atomic E-state index is 0.161. The number of rotatable bonds is 5. The van der Waals surface area contributed by atoms with Crippen molar-refractivity contribution >= 4 is 17.8 Å². The lowest BCUT2D eigenvalue weighted by Crippen LogP contribution is -2.39. The molecule has 0 aromatic heterocycles. The number of hydrogen-bond acceptors (Lipinski definition) is 6. The van der Waals surface area contributed by atoms with E-state index in [9.17, 15) is 19.5 Å². The third kappa shape index (κ3) is 4.20. The number of ether oxygens (including phenoxy) is 2. The summed E-state index contributed by atoms with van der Waals surface area (Å²) in [5.74, 6) is -4.12. The van der Waals surface area contributed by atoms with Crippen LogP contribution in [0, 0.1) is 0 Å². The van der Waals surface area contributed by atoms with Gasteiger partial charge >= 0.3 is 5.97 Å². The summed E-state index contributed by atoms with van der Waals surface area (Å²) in [4.78, 5) is 38.8. The smallest absolute Gasteiger partial charge is 0.348 e. The van der Waals surface area contributed by atoms with Gasteiger partial charge in [-0.3, -0.25) is 9.59 Å². The summed E-state index contributed by atoms with van der Waals surface area (Å²) in [6.07, 6.45) is 1.03. The van der Waals surface area contributed by atoms with Crippen molar-refractivity contribution in [2.24, 2.45) is 0 Å². The monoisotopic (exact) mass is 434 g/mol. The van der Waals surface area contributed by atoms with Gasteiger partial charge < -0.3 is 14.6 Å². The highest BCUT2D eigenvalue weighted by Gasteiger charge is 2.43. The minimum Gasteiger partial charge on any atom is -0.480 e. The summed E-state index contributed by atoms with van der Waals surface area (Å²) in [6.45, 7) is 3.24. The zero-order valence-electron chi connectivity index (χ0n) is 17.6. The average Bonchev–Trinajstić information content (AvgIpc) is 2.95. The van der Waals surface area contributed by atoms with Gasteiger partial charge in [-0.15, -0.1) is 0 Å². The molecule has 2 aliphatic heterocycles. The first-order valence-electron chi connectivity index (χ1n) is 10.0. The number of aliphatic hydroxyl groups is 1. The molecular weight excluding hydrogens is 412 g/mol. The number of benzene rings is 2. The minimum atomic E-state index is -1.36. The molecule has 2 heterocycles. The summed E-state index contributed by atoms with van der Waals surface area (Å²) in [5.41, 5.74) is 1.01. The fraction of sp³-hybridized carbons (Fsp3) is 0.208. The molecule has 0 saturated carbocycles. The molecule has 2 aliphatic rings. The van der Waals surface area contributed by atoms with Crippen LogP contribution in [0.4, 0.5) is 0 Å². The van der Waals surface area contributed by atoms with E-state index < -0.39 is 29.5 Å². The van der Waals surface area contributed by atoms with Crippen molar-refractivity contribution in [3.05, 3.63) is 95.0 Å². The van der Waals surface area contributed by atoms with E-state index in [1.807, 2.05) is 60.7 Å². The lowest BCUT2D eigenvalue weighted by atomic mass is 10.1. The van der Waals surface area contributed by atoms with Gasteiger partial charge in [0.05, 0.1) is 13.1 Å². The molecule has 1 saturated heterocycles. The van der Waals surface area contributed by atoms with Crippen molar-refractivity contribution in [2.45, 2.75) is 32.7 Å². The second-order valence-corrected chi connectivity index (χ2v) is 7.87. The highest BCUT2D eigenvalue weighted by molar-refractivity contribution is 6.23. The SMILES string of the molecule is CC1(C)OC(=O)C(C=C2C(=O)N(Cc3ccccc3)N(Cc3ccccc3)C2=O)=C(O)O1. The maximum absolute atomic E-state index is 13.2. The Morgan fingerprint density at radius 1 is 0.812 bits per heavy atom. The van der Waals surface area contributed by atoms with E-state index in [1.54, 1.807) is 0 Å². The molecule has 164 valence electrons. The number of nitrogens with zero attached hydrogens (tertiary/aromatic N) is 2. The number of hydrazine groups is 1. The number of cyclic esters (lactones) is 1. The summed E-state index contributed by atoms with van der Waals surface area (Å²) < 4.78 is 10.3. The fourth-order valence-electron chi connectivity index (χ4n) is 3.48. The first kappa shape index (κ1) is 21.2. The van der Waals surface area contributed by atoms with E-state index in [0.717, 1.165) is 17.2 Å². The van der Waals surface area contributed by atoms with Crippen molar-refractivity contribution in [3.63, 3.8) is 0 Å². The Balaban J connectivity index is 1.71. The molecule has 0 bridgehead atoms. The Morgan fingerprint density at radius 2 is 1.28 bits per heavy atom. The van der Waals surface area contributed by atoms with Gasteiger partial charge in [-0.1, -0.05) is 60.7 Å². The maximum Gasteiger partial charge on any atom is 0.348 e. The van der Waals surface area contributed by atoms with Crippen molar-refractivity contribution in [1.82, 2.24) is 10.0 Å². The molecular formula is C24H22N2O6. The summed E-state index contributed by atoms with van der Waals surface area (Å²) in [7, 11) is 0.